The topological polar surface area (TPSA) is 72.0 Å². The summed E-state index contributed by atoms with van der Waals surface area (Å²) < 4.78 is 5.28. The van der Waals surface area contributed by atoms with Gasteiger partial charge in [-0.25, -0.2) is 4.98 Å². The maximum Gasteiger partial charge on any atom is 0.310 e. The molecule has 1 aromatic heterocycles. The minimum atomic E-state index is -0.397. The number of aromatic nitrogens is 2. The molecule has 4 rings (SSSR count). The fourth-order valence-electron chi connectivity index (χ4n) is 3.04. The summed E-state index contributed by atoms with van der Waals surface area (Å²) in [6.45, 7) is -0.112. The summed E-state index contributed by atoms with van der Waals surface area (Å²) in [6, 6.07) is 22.6. The van der Waals surface area contributed by atoms with E-state index < -0.39 is 5.97 Å². The predicted octanol–water partition coefficient (Wildman–Crippen LogP) is 4.53. The van der Waals surface area contributed by atoms with E-state index in [1.54, 1.807) is 18.2 Å². The Hall–Kier alpha value is -3.44. The summed E-state index contributed by atoms with van der Waals surface area (Å²) in [6.07, 6.45) is 0.138. The lowest BCUT2D eigenvalue weighted by atomic mass is 10.0. The monoisotopic (exact) mass is 404 g/mol. The van der Waals surface area contributed by atoms with Crippen LogP contribution in [0.15, 0.2) is 77.6 Å². The first-order valence-electron chi connectivity index (χ1n) is 9.07. The molecule has 1 N–H and O–H groups in total. The highest BCUT2D eigenvalue weighted by atomic mass is 35.5. The number of hydrogen-bond donors (Lipinski definition) is 1. The van der Waals surface area contributed by atoms with Crippen molar-refractivity contribution in [1.29, 1.82) is 0 Å². The van der Waals surface area contributed by atoms with E-state index >= 15 is 0 Å². The number of rotatable bonds is 5. The average molecular weight is 405 g/mol. The van der Waals surface area contributed by atoms with Crippen LogP contribution in [0.2, 0.25) is 5.02 Å². The number of benzene rings is 3. The largest absolute Gasteiger partial charge is 0.457 e. The maximum atomic E-state index is 12.2. The van der Waals surface area contributed by atoms with Crippen molar-refractivity contribution in [2.45, 2.75) is 13.0 Å². The Bertz CT molecular complexity index is 1220. The molecule has 6 heteroatoms. The van der Waals surface area contributed by atoms with Crippen LogP contribution in [-0.4, -0.2) is 15.9 Å². The van der Waals surface area contributed by atoms with Gasteiger partial charge in [0.05, 0.1) is 17.3 Å². The van der Waals surface area contributed by atoms with Gasteiger partial charge in [-0.15, -0.1) is 0 Å². The molecule has 0 saturated heterocycles. The van der Waals surface area contributed by atoms with Crippen LogP contribution in [-0.2, 0) is 22.6 Å². The van der Waals surface area contributed by atoms with E-state index in [1.165, 1.54) is 0 Å². The second-order valence-electron chi connectivity index (χ2n) is 6.57. The molecule has 0 unspecified atom stereocenters. The van der Waals surface area contributed by atoms with Crippen molar-refractivity contribution in [3.05, 3.63) is 99.6 Å². The normalized spacial score (nSPS) is 10.8. The zero-order valence-electron chi connectivity index (χ0n) is 15.4. The lowest BCUT2D eigenvalue weighted by Crippen LogP contribution is -2.15. The number of H-pyrrole nitrogens is 1. The zero-order valence-corrected chi connectivity index (χ0v) is 16.1. The Morgan fingerprint density at radius 2 is 1.69 bits per heavy atom. The summed E-state index contributed by atoms with van der Waals surface area (Å²) in [5.74, 6) is -0.121. The third kappa shape index (κ3) is 4.52. The van der Waals surface area contributed by atoms with Gasteiger partial charge in [-0.3, -0.25) is 9.59 Å². The molecule has 0 fully saturated rings. The van der Waals surface area contributed by atoms with Gasteiger partial charge in [0.25, 0.3) is 5.56 Å². The molecule has 0 spiro atoms. The Labute approximate surface area is 172 Å². The number of carbonyl (C=O) groups is 1. The van der Waals surface area contributed by atoms with Crippen molar-refractivity contribution >= 4 is 28.5 Å². The first kappa shape index (κ1) is 18.9. The van der Waals surface area contributed by atoms with Crippen LogP contribution >= 0.6 is 11.6 Å². The molecule has 3 aromatic carbocycles. The molecule has 5 nitrogen and oxygen atoms in total. The molecule has 144 valence electrons. The molecule has 0 aliphatic rings. The van der Waals surface area contributed by atoms with E-state index in [2.05, 4.69) is 9.97 Å². The van der Waals surface area contributed by atoms with Crippen molar-refractivity contribution in [1.82, 2.24) is 9.97 Å². The highest BCUT2D eigenvalue weighted by Crippen LogP contribution is 2.19. The third-order valence-corrected chi connectivity index (χ3v) is 4.73. The Morgan fingerprint density at radius 3 is 2.45 bits per heavy atom. The fraction of sp³-hybridized carbons (Fsp3) is 0.0870. The summed E-state index contributed by atoms with van der Waals surface area (Å²) in [5, 5.41) is 0.917. The lowest BCUT2D eigenvalue weighted by molar-refractivity contribution is -0.144. The second kappa shape index (κ2) is 8.29. The highest BCUT2D eigenvalue weighted by molar-refractivity contribution is 6.31. The first-order valence-corrected chi connectivity index (χ1v) is 9.45. The van der Waals surface area contributed by atoms with Crippen molar-refractivity contribution in [3.63, 3.8) is 0 Å². The van der Waals surface area contributed by atoms with Gasteiger partial charge in [-0.05, 0) is 34.9 Å². The molecule has 29 heavy (non-hydrogen) atoms. The van der Waals surface area contributed by atoms with E-state index in [1.807, 2.05) is 54.6 Å². The molecule has 1 heterocycles. The van der Waals surface area contributed by atoms with Crippen LogP contribution in [0.3, 0.4) is 0 Å². The van der Waals surface area contributed by atoms with Crippen LogP contribution in [0, 0.1) is 0 Å². The quantitative estimate of drug-likeness (QED) is 0.496. The number of fused-ring (bicyclic) bond motifs is 1. The number of nitrogens with one attached hydrogen (secondary N) is 1. The van der Waals surface area contributed by atoms with Gasteiger partial charge < -0.3 is 9.72 Å². The first-order chi connectivity index (χ1) is 14.1. The van der Waals surface area contributed by atoms with E-state index in [0.717, 1.165) is 16.7 Å². The molecular weight excluding hydrogens is 388 g/mol. The minimum absolute atomic E-state index is 0.112. The van der Waals surface area contributed by atoms with Gasteiger partial charge in [-0.1, -0.05) is 66.2 Å². The number of aromatic amines is 1. The van der Waals surface area contributed by atoms with Crippen molar-refractivity contribution in [2.75, 3.05) is 0 Å². The number of nitrogens with zero attached hydrogens (tertiary/aromatic N) is 1. The second-order valence-corrected chi connectivity index (χ2v) is 7.01. The smallest absolute Gasteiger partial charge is 0.310 e. The standard InChI is InChI=1S/C23H17ClN2O3/c24-18-10-11-19-20(13-18)25-21(26-23(19)28)14-29-22(27)12-15-6-8-17(9-7-15)16-4-2-1-3-5-16/h1-11,13H,12,14H2,(H,25,26,28). The van der Waals surface area contributed by atoms with E-state index in [-0.39, 0.29) is 24.4 Å². The molecule has 0 bridgehead atoms. The fourth-order valence-corrected chi connectivity index (χ4v) is 3.21. The van der Waals surface area contributed by atoms with Gasteiger partial charge >= 0.3 is 5.97 Å². The van der Waals surface area contributed by atoms with Crippen molar-refractivity contribution in [2.24, 2.45) is 0 Å². The molecule has 0 saturated carbocycles. The number of ether oxygens (including phenoxy) is 1. The Balaban J connectivity index is 1.40. The van der Waals surface area contributed by atoms with Crippen LogP contribution < -0.4 is 5.56 Å². The third-order valence-electron chi connectivity index (χ3n) is 4.50. The van der Waals surface area contributed by atoms with Crippen LogP contribution in [0.4, 0.5) is 0 Å². The van der Waals surface area contributed by atoms with E-state index in [9.17, 15) is 9.59 Å². The molecule has 0 amide bonds. The average Bonchev–Trinajstić information content (AvgIpc) is 2.73. The maximum absolute atomic E-state index is 12.2. The van der Waals surface area contributed by atoms with Gasteiger partial charge in [0.15, 0.2) is 0 Å². The summed E-state index contributed by atoms with van der Waals surface area (Å²) >= 11 is 5.95. The zero-order chi connectivity index (χ0) is 20.2. The molecule has 0 atom stereocenters. The van der Waals surface area contributed by atoms with Crippen LogP contribution in [0.25, 0.3) is 22.0 Å². The van der Waals surface area contributed by atoms with E-state index in [0.29, 0.717) is 15.9 Å². The van der Waals surface area contributed by atoms with Crippen LogP contribution in [0.5, 0.6) is 0 Å². The van der Waals surface area contributed by atoms with Gasteiger partial charge in [0, 0.05) is 5.02 Å². The molecule has 0 aliphatic carbocycles. The SMILES string of the molecule is O=C(Cc1ccc(-c2ccccc2)cc1)OCc1nc2cc(Cl)ccc2c(=O)[nH]1. The number of hydrogen-bond acceptors (Lipinski definition) is 4. The molecule has 0 radical (unpaired) electrons. The van der Waals surface area contributed by atoms with Crippen molar-refractivity contribution < 1.29 is 9.53 Å². The van der Waals surface area contributed by atoms with Gasteiger partial charge in [-0.2, -0.15) is 0 Å². The lowest BCUT2D eigenvalue weighted by Gasteiger charge is -2.07. The predicted molar refractivity (Wildman–Crippen MR) is 113 cm³/mol. The molecular formula is C23H17ClN2O3. The van der Waals surface area contributed by atoms with Gasteiger partial charge in [0.2, 0.25) is 0 Å². The highest BCUT2D eigenvalue weighted by Gasteiger charge is 2.09. The van der Waals surface area contributed by atoms with Crippen molar-refractivity contribution in [3.8, 4) is 11.1 Å². The minimum Gasteiger partial charge on any atom is -0.457 e. The van der Waals surface area contributed by atoms with Gasteiger partial charge in [0.1, 0.15) is 12.4 Å². The van der Waals surface area contributed by atoms with Crippen LogP contribution in [0.1, 0.15) is 11.4 Å². The summed E-state index contributed by atoms with van der Waals surface area (Å²) in [7, 11) is 0. The number of carbonyl (C=O) groups excluding carboxylic acids is 1. The van der Waals surface area contributed by atoms with E-state index in [4.69, 9.17) is 16.3 Å². The summed E-state index contributed by atoms with van der Waals surface area (Å²) in [5.41, 5.74) is 3.21. The summed E-state index contributed by atoms with van der Waals surface area (Å²) in [4.78, 5) is 31.2. The Kier molecular flexibility index (Phi) is 5.40. The molecule has 0 aliphatic heterocycles. The number of halogens is 1. The Morgan fingerprint density at radius 1 is 0.966 bits per heavy atom. The number of esters is 1. The molecule has 4 aromatic rings.